The number of hydrogen-bond donors (Lipinski definition) is 2. The summed E-state index contributed by atoms with van der Waals surface area (Å²) in [7, 11) is 0. The number of nitrogens with one attached hydrogen (secondary N) is 2. The van der Waals surface area contributed by atoms with Crippen molar-refractivity contribution in [2.75, 3.05) is 19.6 Å². The number of amides is 2. The van der Waals surface area contributed by atoms with Crippen molar-refractivity contribution < 1.29 is 9.59 Å². The summed E-state index contributed by atoms with van der Waals surface area (Å²) >= 11 is 0. The molecule has 1 atom stereocenters. The fraction of sp³-hybridized carbons (Fsp3) is 0.600. The minimum atomic E-state index is 0.0282. The summed E-state index contributed by atoms with van der Waals surface area (Å²) in [5, 5.41) is 6.52. The van der Waals surface area contributed by atoms with Gasteiger partial charge in [0.15, 0.2) is 0 Å². The smallest absolute Gasteiger partial charge is 0.234 e. The monoisotopic (exact) mass is 345 g/mol. The standard InChI is InChI=1S/C20H31N3O2/c1-14(2)20(18-8-6-5-7-15(18)3)21-13-19(25)22-17-9-11-23(12-10-17)16(4)24/h5-8,14,17,20-21H,9-13H2,1-4H3,(H,22,25)/t20-/m1/s1. The van der Waals surface area contributed by atoms with Gasteiger partial charge in [-0.2, -0.15) is 0 Å². The van der Waals surface area contributed by atoms with Crippen LogP contribution in [0.25, 0.3) is 0 Å². The van der Waals surface area contributed by atoms with Gasteiger partial charge in [0.2, 0.25) is 11.8 Å². The van der Waals surface area contributed by atoms with Crippen LogP contribution in [-0.2, 0) is 9.59 Å². The van der Waals surface area contributed by atoms with Gasteiger partial charge in [0.05, 0.1) is 6.54 Å². The number of benzene rings is 1. The Hall–Kier alpha value is -1.88. The van der Waals surface area contributed by atoms with E-state index in [-0.39, 0.29) is 23.9 Å². The summed E-state index contributed by atoms with van der Waals surface area (Å²) in [5.74, 6) is 0.540. The van der Waals surface area contributed by atoms with Crippen LogP contribution >= 0.6 is 0 Å². The second kappa shape index (κ2) is 8.99. The zero-order chi connectivity index (χ0) is 18.4. The lowest BCUT2D eigenvalue weighted by molar-refractivity contribution is -0.130. The third-order valence-electron chi connectivity index (χ3n) is 4.98. The van der Waals surface area contributed by atoms with Gasteiger partial charge in [-0.25, -0.2) is 0 Å². The Morgan fingerprint density at radius 2 is 1.84 bits per heavy atom. The molecule has 1 aromatic carbocycles. The summed E-state index contributed by atoms with van der Waals surface area (Å²) in [6.45, 7) is 9.80. The van der Waals surface area contributed by atoms with Crippen molar-refractivity contribution in [1.29, 1.82) is 0 Å². The summed E-state index contributed by atoms with van der Waals surface area (Å²) in [6.07, 6.45) is 1.66. The Bertz CT molecular complexity index is 592. The molecule has 0 bridgehead atoms. The molecule has 0 saturated carbocycles. The van der Waals surface area contributed by atoms with Gasteiger partial charge in [-0.05, 0) is 36.8 Å². The van der Waals surface area contributed by atoms with Crippen molar-refractivity contribution in [2.45, 2.75) is 52.6 Å². The third-order valence-corrected chi connectivity index (χ3v) is 4.98. The van der Waals surface area contributed by atoms with E-state index in [1.165, 1.54) is 11.1 Å². The van der Waals surface area contributed by atoms with Gasteiger partial charge in [0.1, 0.15) is 0 Å². The maximum Gasteiger partial charge on any atom is 0.234 e. The van der Waals surface area contributed by atoms with Crippen LogP contribution < -0.4 is 10.6 Å². The van der Waals surface area contributed by atoms with Gasteiger partial charge in [-0.3, -0.25) is 9.59 Å². The number of carbonyl (C=O) groups is 2. The summed E-state index contributed by atoms with van der Waals surface area (Å²) in [6, 6.07) is 8.64. The van der Waals surface area contributed by atoms with E-state index >= 15 is 0 Å². The number of nitrogens with zero attached hydrogens (tertiary/aromatic N) is 1. The van der Waals surface area contributed by atoms with Crippen molar-refractivity contribution in [2.24, 2.45) is 5.92 Å². The minimum absolute atomic E-state index is 0.0282. The van der Waals surface area contributed by atoms with E-state index in [0.717, 1.165) is 25.9 Å². The molecule has 2 rings (SSSR count). The molecule has 0 unspecified atom stereocenters. The molecular formula is C20H31N3O2. The second-order valence-corrected chi connectivity index (χ2v) is 7.31. The van der Waals surface area contributed by atoms with E-state index < -0.39 is 0 Å². The zero-order valence-corrected chi connectivity index (χ0v) is 15.8. The molecule has 1 aliphatic rings. The molecule has 1 fully saturated rings. The van der Waals surface area contributed by atoms with Gasteiger partial charge in [0, 0.05) is 32.1 Å². The summed E-state index contributed by atoms with van der Waals surface area (Å²) in [4.78, 5) is 25.5. The van der Waals surface area contributed by atoms with E-state index in [1.54, 1.807) is 6.92 Å². The first-order chi connectivity index (χ1) is 11.9. The largest absolute Gasteiger partial charge is 0.352 e. The van der Waals surface area contributed by atoms with E-state index in [9.17, 15) is 9.59 Å². The second-order valence-electron chi connectivity index (χ2n) is 7.31. The third kappa shape index (κ3) is 5.56. The number of aryl methyl sites for hydroxylation is 1. The van der Waals surface area contributed by atoms with Crippen molar-refractivity contribution in [1.82, 2.24) is 15.5 Å². The average Bonchev–Trinajstić information content (AvgIpc) is 2.56. The molecular weight excluding hydrogens is 314 g/mol. The zero-order valence-electron chi connectivity index (χ0n) is 15.8. The van der Waals surface area contributed by atoms with Crippen LogP contribution in [0.15, 0.2) is 24.3 Å². The maximum absolute atomic E-state index is 12.3. The molecule has 5 heteroatoms. The van der Waals surface area contributed by atoms with Crippen LogP contribution in [0.1, 0.15) is 50.8 Å². The van der Waals surface area contributed by atoms with Gasteiger partial charge >= 0.3 is 0 Å². The number of likely N-dealkylation sites (tertiary alicyclic amines) is 1. The average molecular weight is 345 g/mol. The maximum atomic E-state index is 12.3. The molecule has 1 saturated heterocycles. The Kier molecular flexibility index (Phi) is 7.00. The highest BCUT2D eigenvalue weighted by atomic mass is 16.2. The van der Waals surface area contributed by atoms with Gasteiger partial charge in [-0.1, -0.05) is 38.1 Å². The number of carbonyl (C=O) groups excluding carboxylic acids is 2. The Balaban J connectivity index is 1.84. The van der Waals surface area contributed by atoms with Crippen molar-refractivity contribution in [3.05, 3.63) is 35.4 Å². The first-order valence-electron chi connectivity index (χ1n) is 9.22. The summed E-state index contributed by atoms with van der Waals surface area (Å²) in [5.41, 5.74) is 2.49. The normalized spacial score (nSPS) is 16.8. The Labute approximate surface area is 151 Å². The van der Waals surface area contributed by atoms with E-state index in [4.69, 9.17) is 0 Å². The molecule has 0 radical (unpaired) electrons. The fourth-order valence-corrected chi connectivity index (χ4v) is 3.46. The fourth-order valence-electron chi connectivity index (χ4n) is 3.46. The lowest BCUT2D eigenvalue weighted by Crippen LogP contribution is -2.48. The summed E-state index contributed by atoms with van der Waals surface area (Å²) < 4.78 is 0. The van der Waals surface area contributed by atoms with E-state index in [0.29, 0.717) is 12.5 Å². The lowest BCUT2D eigenvalue weighted by atomic mass is 9.92. The first kappa shape index (κ1) is 19.4. The van der Waals surface area contributed by atoms with Crippen LogP contribution in [0.5, 0.6) is 0 Å². The molecule has 2 N–H and O–H groups in total. The van der Waals surface area contributed by atoms with E-state index in [1.807, 2.05) is 17.0 Å². The van der Waals surface area contributed by atoms with Crippen LogP contribution in [0.3, 0.4) is 0 Å². The van der Waals surface area contributed by atoms with E-state index in [2.05, 4.69) is 43.5 Å². The Morgan fingerprint density at radius 3 is 2.40 bits per heavy atom. The molecule has 1 heterocycles. The molecule has 25 heavy (non-hydrogen) atoms. The van der Waals surface area contributed by atoms with Crippen LogP contribution in [0, 0.1) is 12.8 Å². The van der Waals surface area contributed by atoms with Crippen molar-refractivity contribution in [3.63, 3.8) is 0 Å². The highest BCUT2D eigenvalue weighted by molar-refractivity contribution is 5.78. The Morgan fingerprint density at radius 1 is 1.20 bits per heavy atom. The predicted molar refractivity (Wildman–Crippen MR) is 100 cm³/mol. The molecule has 5 nitrogen and oxygen atoms in total. The quantitative estimate of drug-likeness (QED) is 0.832. The number of rotatable bonds is 6. The minimum Gasteiger partial charge on any atom is -0.352 e. The predicted octanol–water partition coefficient (Wildman–Crippen LogP) is 2.41. The first-order valence-corrected chi connectivity index (χ1v) is 9.22. The van der Waals surface area contributed by atoms with Gasteiger partial charge in [-0.15, -0.1) is 0 Å². The molecule has 1 aliphatic heterocycles. The van der Waals surface area contributed by atoms with Crippen LogP contribution in [0.2, 0.25) is 0 Å². The number of piperidine rings is 1. The SMILES string of the molecule is CC(=O)N1CCC(NC(=O)CN[C@@H](c2ccccc2C)C(C)C)CC1. The van der Waals surface area contributed by atoms with Gasteiger partial charge in [0.25, 0.3) is 0 Å². The molecule has 0 spiro atoms. The molecule has 0 aliphatic carbocycles. The molecule has 1 aromatic rings. The molecule has 138 valence electrons. The number of hydrogen-bond acceptors (Lipinski definition) is 3. The van der Waals surface area contributed by atoms with Gasteiger partial charge < -0.3 is 15.5 Å². The topological polar surface area (TPSA) is 61.4 Å². The highest BCUT2D eigenvalue weighted by Crippen LogP contribution is 2.24. The molecule has 2 amide bonds. The van der Waals surface area contributed by atoms with Crippen LogP contribution in [-0.4, -0.2) is 42.4 Å². The van der Waals surface area contributed by atoms with Crippen molar-refractivity contribution >= 4 is 11.8 Å². The van der Waals surface area contributed by atoms with Crippen LogP contribution in [0.4, 0.5) is 0 Å². The lowest BCUT2D eigenvalue weighted by Gasteiger charge is -2.32. The van der Waals surface area contributed by atoms with Crippen molar-refractivity contribution in [3.8, 4) is 0 Å². The highest BCUT2D eigenvalue weighted by Gasteiger charge is 2.23. The molecule has 0 aromatic heterocycles.